The molecular formula is C29H26N4O7. The summed E-state index contributed by atoms with van der Waals surface area (Å²) in [7, 11) is 4.70. The number of hydrogen-bond acceptors (Lipinski definition) is 10. The number of cyclic esters (lactones) is 1. The molecule has 0 spiro atoms. The van der Waals surface area contributed by atoms with E-state index in [2.05, 4.69) is 15.3 Å². The lowest BCUT2D eigenvalue weighted by atomic mass is 9.65. The van der Waals surface area contributed by atoms with E-state index >= 15 is 0 Å². The van der Waals surface area contributed by atoms with Crippen LogP contribution in [0.2, 0.25) is 0 Å². The first-order valence-corrected chi connectivity index (χ1v) is 12.8. The number of ether oxygens (including phenoxy) is 6. The van der Waals surface area contributed by atoms with E-state index in [9.17, 15) is 4.79 Å². The molecule has 4 aromatic rings. The van der Waals surface area contributed by atoms with Gasteiger partial charge in [0.05, 0.1) is 46.1 Å². The maximum atomic E-state index is 13.5. The molecule has 7 rings (SSSR count). The highest BCUT2D eigenvalue weighted by atomic mass is 16.7. The van der Waals surface area contributed by atoms with Crippen molar-refractivity contribution in [3.8, 4) is 40.0 Å². The van der Waals surface area contributed by atoms with Gasteiger partial charge in [0.25, 0.3) is 0 Å². The number of benzene rings is 2. The highest BCUT2D eigenvalue weighted by molar-refractivity contribution is 5.79. The van der Waals surface area contributed by atoms with E-state index in [0.29, 0.717) is 34.4 Å². The molecule has 2 aromatic heterocycles. The highest BCUT2D eigenvalue weighted by Gasteiger charge is 2.53. The van der Waals surface area contributed by atoms with E-state index in [-0.39, 0.29) is 37.2 Å². The van der Waals surface area contributed by atoms with Gasteiger partial charge in [-0.3, -0.25) is 9.78 Å². The van der Waals surface area contributed by atoms with Crippen molar-refractivity contribution < 1.29 is 33.2 Å². The van der Waals surface area contributed by atoms with Gasteiger partial charge in [-0.2, -0.15) is 0 Å². The molecule has 204 valence electrons. The van der Waals surface area contributed by atoms with Crippen LogP contribution in [0.3, 0.4) is 0 Å². The number of pyridine rings is 1. The second-order valence-electron chi connectivity index (χ2n) is 9.86. The molecule has 11 heteroatoms. The summed E-state index contributed by atoms with van der Waals surface area (Å²) in [5, 5.41) is 8.94. The molecule has 3 aliphatic rings. The molecule has 4 heterocycles. The first-order valence-electron chi connectivity index (χ1n) is 12.8. The van der Waals surface area contributed by atoms with Gasteiger partial charge in [-0.05, 0) is 53.1 Å². The van der Waals surface area contributed by atoms with Gasteiger partial charge >= 0.3 is 5.97 Å². The van der Waals surface area contributed by atoms with Gasteiger partial charge in [-0.25, -0.2) is 4.68 Å². The molecule has 0 bridgehead atoms. The number of hydrogen-bond donors (Lipinski definition) is 0. The third-order valence-corrected chi connectivity index (χ3v) is 7.95. The predicted octanol–water partition coefficient (Wildman–Crippen LogP) is 3.62. The maximum absolute atomic E-state index is 13.5. The normalized spacial score (nSPS) is 22.3. The molecule has 0 N–H and O–H groups in total. The zero-order valence-electron chi connectivity index (χ0n) is 22.1. The molecule has 0 amide bonds. The van der Waals surface area contributed by atoms with E-state index in [0.717, 1.165) is 22.3 Å². The van der Waals surface area contributed by atoms with Gasteiger partial charge in [0, 0.05) is 29.8 Å². The van der Waals surface area contributed by atoms with Crippen molar-refractivity contribution in [2.45, 2.75) is 12.0 Å². The van der Waals surface area contributed by atoms with E-state index in [1.54, 1.807) is 33.7 Å². The van der Waals surface area contributed by atoms with E-state index in [1.807, 2.05) is 47.3 Å². The first-order chi connectivity index (χ1) is 19.6. The summed E-state index contributed by atoms with van der Waals surface area (Å²) in [4.78, 5) is 17.7. The summed E-state index contributed by atoms with van der Waals surface area (Å²) in [6.45, 7) is 0.367. The number of methoxy groups -OCH3 is 3. The van der Waals surface area contributed by atoms with Crippen LogP contribution in [-0.2, 0) is 9.53 Å². The summed E-state index contributed by atoms with van der Waals surface area (Å²) in [5.74, 6) is 1.35. The van der Waals surface area contributed by atoms with Crippen LogP contribution >= 0.6 is 0 Å². The number of aromatic nitrogens is 4. The maximum Gasteiger partial charge on any atom is 0.310 e. The molecule has 11 nitrogen and oxygen atoms in total. The van der Waals surface area contributed by atoms with Gasteiger partial charge in [-0.1, -0.05) is 5.21 Å². The van der Waals surface area contributed by atoms with Crippen molar-refractivity contribution in [3.63, 3.8) is 0 Å². The topological polar surface area (TPSA) is 116 Å². The average molecular weight is 543 g/mol. The molecule has 40 heavy (non-hydrogen) atoms. The van der Waals surface area contributed by atoms with Crippen LogP contribution in [0.15, 0.2) is 55.0 Å². The molecule has 0 unspecified atom stereocenters. The molecule has 0 saturated carbocycles. The number of carbonyl (C=O) groups excluding carboxylic acids is 1. The summed E-state index contributed by atoms with van der Waals surface area (Å²) < 4.78 is 35.9. The van der Waals surface area contributed by atoms with Crippen molar-refractivity contribution in [1.29, 1.82) is 0 Å². The minimum Gasteiger partial charge on any atom is -0.493 e. The Bertz CT molecular complexity index is 1580. The summed E-state index contributed by atoms with van der Waals surface area (Å²) in [6.07, 6.45) is 5.34. The zero-order valence-corrected chi connectivity index (χ0v) is 22.1. The SMILES string of the molecule is COc1cc([C@@H]2c3cc4c(cc3[C@@H](n3cc(-c5cccnc5)nn3)[C@H]3COC(=O)[C@H]23)OCO4)cc(OC)c1OC. The van der Waals surface area contributed by atoms with Crippen LogP contribution in [0.25, 0.3) is 11.3 Å². The van der Waals surface area contributed by atoms with E-state index in [4.69, 9.17) is 28.4 Å². The third kappa shape index (κ3) is 3.64. The smallest absolute Gasteiger partial charge is 0.310 e. The predicted molar refractivity (Wildman–Crippen MR) is 140 cm³/mol. The molecule has 0 radical (unpaired) electrons. The Hall–Kier alpha value is -4.80. The Morgan fingerprint density at radius 1 is 0.950 bits per heavy atom. The fourth-order valence-corrected chi connectivity index (χ4v) is 6.21. The summed E-state index contributed by atoms with van der Waals surface area (Å²) in [6, 6.07) is 11.2. The highest BCUT2D eigenvalue weighted by Crippen LogP contribution is 2.56. The van der Waals surface area contributed by atoms with Gasteiger partial charge in [0.15, 0.2) is 23.0 Å². The number of nitrogens with zero attached hydrogens (tertiary/aromatic N) is 4. The van der Waals surface area contributed by atoms with Gasteiger partial charge in [0.1, 0.15) is 5.69 Å². The first kappa shape index (κ1) is 24.3. The number of rotatable bonds is 6. The van der Waals surface area contributed by atoms with E-state index < -0.39 is 5.92 Å². The molecule has 1 aliphatic carbocycles. The summed E-state index contributed by atoms with van der Waals surface area (Å²) >= 11 is 0. The number of carbonyl (C=O) groups is 1. The Morgan fingerprint density at radius 2 is 1.70 bits per heavy atom. The third-order valence-electron chi connectivity index (χ3n) is 7.95. The van der Waals surface area contributed by atoms with Crippen molar-refractivity contribution >= 4 is 5.97 Å². The van der Waals surface area contributed by atoms with Crippen molar-refractivity contribution in [2.75, 3.05) is 34.7 Å². The average Bonchev–Trinajstić information content (AvgIpc) is 3.75. The standard InChI is InChI=1S/C29H26N4O7/c1-35-23-7-16(8-24(36-2)28(23)37-3)25-17-9-21-22(40-14-39-21)10-18(17)27(19-13-38-29(34)26(19)25)33-12-20(31-32-33)15-5-4-6-30-11-15/h4-12,19,25-27H,13-14H2,1-3H3/t19-,25+,26-,27+/m0/s1. The molecular weight excluding hydrogens is 516 g/mol. The second kappa shape index (κ2) is 9.44. The fourth-order valence-electron chi connectivity index (χ4n) is 6.21. The van der Waals surface area contributed by atoms with Crippen molar-refractivity contribution in [2.24, 2.45) is 11.8 Å². The van der Waals surface area contributed by atoms with Crippen LogP contribution in [0.1, 0.15) is 28.7 Å². The zero-order chi connectivity index (χ0) is 27.4. The van der Waals surface area contributed by atoms with Crippen molar-refractivity contribution in [3.05, 3.63) is 71.7 Å². The van der Waals surface area contributed by atoms with Crippen LogP contribution in [-0.4, -0.2) is 60.7 Å². The minimum absolute atomic E-state index is 0.126. The summed E-state index contributed by atoms with van der Waals surface area (Å²) in [5.41, 5.74) is 4.22. The van der Waals surface area contributed by atoms with Crippen LogP contribution in [0.5, 0.6) is 28.7 Å². The van der Waals surface area contributed by atoms with Gasteiger partial charge in [0.2, 0.25) is 12.5 Å². The Kier molecular flexibility index (Phi) is 5.72. The lowest BCUT2D eigenvalue weighted by molar-refractivity contribution is -0.141. The number of fused-ring (bicyclic) bond motifs is 3. The Balaban J connectivity index is 1.43. The van der Waals surface area contributed by atoms with Crippen molar-refractivity contribution in [1.82, 2.24) is 20.0 Å². The largest absolute Gasteiger partial charge is 0.493 e. The molecule has 1 saturated heterocycles. The fraction of sp³-hybridized carbons (Fsp3) is 0.310. The van der Waals surface area contributed by atoms with Crippen LogP contribution in [0, 0.1) is 11.8 Å². The van der Waals surface area contributed by atoms with E-state index in [1.165, 1.54) is 0 Å². The lowest BCUT2D eigenvalue weighted by Crippen LogP contribution is -2.37. The van der Waals surface area contributed by atoms with Gasteiger partial charge < -0.3 is 28.4 Å². The van der Waals surface area contributed by atoms with Gasteiger partial charge in [-0.15, -0.1) is 5.10 Å². The van der Waals surface area contributed by atoms with Crippen LogP contribution in [0.4, 0.5) is 0 Å². The number of esters is 1. The monoisotopic (exact) mass is 542 g/mol. The lowest BCUT2D eigenvalue weighted by Gasteiger charge is -2.39. The molecule has 2 aromatic carbocycles. The molecule has 4 atom stereocenters. The Labute approximate surface area is 229 Å². The van der Waals surface area contributed by atoms with Crippen LogP contribution < -0.4 is 23.7 Å². The Morgan fingerprint density at radius 3 is 2.38 bits per heavy atom. The molecule has 2 aliphatic heterocycles. The second-order valence-corrected chi connectivity index (χ2v) is 9.86. The molecule has 1 fully saturated rings. The quantitative estimate of drug-likeness (QED) is 0.335. The minimum atomic E-state index is -0.508.